The lowest BCUT2D eigenvalue weighted by Gasteiger charge is -2.09. The molecule has 2 N–H and O–H groups in total. The maximum atomic E-state index is 13.4. The van der Waals surface area contributed by atoms with E-state index in [0.29, 0.717) is 17.0 Å². The van der Waals surface area contributed by atoms with E-state index in [9.17, 15) is 9.18 Å². The molecule has 1 unspecified atom stereocenters. The third-order valence-electron chi connectivity index (χ3n) is 2.39. The minimum absolute atomic E-state index is 0.0319. The summed E-state index contributed by atoms with van der Waals surface area (Å²) in [4.78, 5) is 11.6. The van der Waals surface area contributed by atoms with Crippen LogP contribution in [0.2, 0.25) is 5.02 Å². The Balaban J connectivity index is 2.69. The van der Waals surface area contributed by atoms with Gasteiger partial charge in [0.2, 0.25) is 0 Å². The largest absolute Gasteiger partial charge is 0.321 e. The lowest BCUT2D eigenvalue weighted by Crippen LogP contribution is -2.31. The summed E-state index contributed by atoms with van der Waals surface area (Å²) in [7, 11) is 0. The van der Waals surface area contributed by atoms with Crippen LogP contribution >= 0.6 is 11.6 Å². The Morgan fingerprint density at radius 1 is 1.56 bits per heavy atom. The third kappa shape index (κ3) is 3.58. The number of hydrogen-bond acceptors (Lipinski definition) is 2. The van der Waals surface area contributed by atoms with Crippen molar-refractivity contribution in [2.75, 3.05) is 0 Å². The fraction of sp³-hybridized carbons (Fsp3) is 0.417. The summed E-state index contributed by atoms with van der Waals surface area (Å²) in [5.74, 6) is -0.590. The number of carbonyl (C=O) groups is 1. The summed E-state index contributed by atoms with van der Waals surface area (Å²) >= 11 is 5.62. The summed E-state index contributed by atoms with van der Waals surface area (Å²) < 4.78 is 13.4. The Morgan fingerprint density at radius 3 is 2.81 bits per heavy atom. The molecule has 0 fully saturated rings. The van der Waals surface area contributed by atoms with Gasteiger partial charge in [-0.3, -0.25) is 4.79 Å². The third-order valence-corrected chi connectivity index (χ3v) is 2.63. The number of hydrogen-bond donors (Lipinski definition) is 1. The Bertz CT molecular complexity index is 381. The number of carbonyl (C=O) groups excluding carboxylic acids is 1. The number of Topliss-reactive ketones (excluding diaryl/α,β-unsaturated/α-hetero) is 1. The number of benzene rings is 1. The monoisotopic (exact) mass is 243 g/mol. The molecule has 0 bridgehead atoms. The van der Waals surface area contributed by atoms with E-state index >= 15 is 0 Å². The first-order valence-corrected chi connectivity index (χ1v) is 5.64. The van der Waals surface area contributed by atoms with Crippen LogP contribution in [0.3, 0.4) is 0 Å². The molecular weight excluding hydrogens is 229 g/mol. The number of nitrogens with two attached hydrogens (primary N) is 1. The Hall–Kier alpha value is -0.930. The highest BCUT2D eigenvalue weighted by molar-refractivity contribution is 6.30. The molecule has 0 heterocycles. The minimum Gasteiger partial charge on any atom is -0.321 e. The van der Waals surface area contributed by atoms with Gasteiger partial charge in [-0.05, 0) is 24.1 Å². The topological polar surface area (TPSA) is 43.1 Å². The molecule has 1 aromatic rings. The second-order valence-electron chi connectivity index (χ2n) is 3.77. The van der Waals surface area contributed by atoms with Gasteiger partial charge >= 0.3 is 0 Å². The van der Waals surface area contributed by atoms with Crippen LogP contribution < -0.4 is 5.73 Å². The molecule has 16 heavy (non-hydrogen) atoms. The second-order valence-corrected chi connectivity index (χ2v) is 4.21. The summed E-state index contributed by atoms with van der Waals surface area (Å²) in [5.41, 5.74) is 6.01. The molecule has 4 heteroatoms. The Kier molecular flexibility index (Phi) is 4.90. The van der Waals surface area contributed by atoms with Crippen molar-refractivity contribution in [3.05, 3.63) is 34.6 Å². The van der Waals surface area contributed by atoms with Crippen LogP contribution in [0.4, 0.5) is 4.39 Å². The highest BCUT2D eigenvalue weighted by Crippen LogP contribution is 2.15. The van der Waals surface area contributed by atoms with E-state index in [1.165, 1.54) is 12.1 Å². The van der Waals surface area contributed by atoms with Gasteiger partial charge in [0.1, 0.15) is 5.82 Å². The summed E-state index contributed by atoms with van der Waals surface area (Å²) in [6.07, 6.45) is 1.51. The maximum absolute atomic E-state index is 13.4. The van der Waals surface area contributed by atoms with E-state index in [4.69, 9.17) is 17.3 Å². The zero-order valence-electron chi connectivity index (χ0n) is 9.17. The number of halogens is 2. The normalized spacial score (nSPS) is 12.5. The number of ketones is 1. The average Bonchev–Trinajstić information content (AvgIpc) is 2.22. The summed E-state index contributed by atoms with van der Waals surface area (Å²) in [5, 5.41) is 0.326. The van der Waals surface area contributed by atoms with Crippen molar-refractivity contribution in [2.24, 2.45) is 5.73 Å². The van der Waals surface area contributed by atoms with Crippen LogP contribution in [0.15, 0.2) is 18.2 Å². The van der Waals surface area contributed by atoms with Crippen molar-refractivity contribution >= 4 is 17.4 Å². The van der Waals surface area contributed by atoms with Crippen molar-refractivity contribution in [3.63, 3.8) is 0 Å². The van der Waals surface area contributed by atoms with Crippen LogP contribution in [0, 0.1) is 5.82 Å². The molecular formula is C12H15ClFNO. The van der Waals surface area contributed by atoms with Gasteiger partial charge in [0.05, 0.1) is 6.04 Å². The first-order chi connectivity index (χ1) is 7.54. The van der Waals surface area contributed by atoms with Crippen LogP contribution in [-0.2, 0) is 11.2 Å². The summed E-state index contributed by atoms with van der Waals surface area (Å²) in [6, 6.07) is 3.79. The molecule has 1 rings (SSSR count). The molecule has 0 aliphatic rings. The lowest BCUT2D eigenvalue weighted by molar-refractivity contribution is -0.119. The minimum atomic E-state index is -0.500. The van der Waals surface area contributed by atoms with Crippen LogP contribution in [0.25, 0.3) is 0 Å². The molecule has 0 amide bonds. The van der Waals surface area contributed by atoms with E-state index in [1.807, 2.05) is 6.92 Å². The predicted molar refractivity (Wildman–Crippen MR) is 63.0 cm³/mol. The number of rotatable bonds is 5. The van der Waals surface area contributed by atoms with Gasteiger partial charge < -0.3 is 5.73 Å². The molecule has 0 aliphatic carbocycles. The van der Waals surface area contributed by atoms with E-state index in [-0.39, 0.29) is 12.2 Å². The van der Waals surface area contributed by atoms with E-state index < -0.39 is 11.9 Å². The van der Waals surface area contributed by atoms with Gasteiger partial charge in [0.15, 0.2) is 5.78 Å². The molecule has 1 aromatic carbocycles. The quantitative estimate of drug-likeness (QED) is 0.864. The van der Waals surface area contributed by atoms with Gasteiger partial charge in [-0.2, -0.15) is 0 Å². The lowest BCUT2D eigenvalue weighted by atomic mass is 10.0. The fourth-order valence-corrected chi connectivity index (χ4v) is 1.61. The maximum Gasteiger partial charge on any atom is 0.153 e. The molecule has 0 saturated carbocycles. The zero-order chi connectivity index (χ0) is 12.1. The van der Waals surface area contributed by atoms with Crippen molar-refractivity contribution < 1.29 is 9.18 Å². The Morgan fingerprint density at radius 2 is 2.25 bits per heavy atom. The smallest absolute Gasteiger partial charge is 0.153 e. The predicted octanol–water partition coefficient (Wildman–Crippen LogP) is 2.72. The van der Waals surface area contributed by atoms with Crippen LogP contribution in [0.5, 0.6) is 0 Å². The highest BCUT2D eigenvalue weighted by atomic mass is 35.5. The molecule has 0 spiro atoms. The summed E-state index contributed by atoms with van der Waals surface area (Å²) in [6.45, 7) is 1.95. The Labute approximate surface area is 99.6 Å². The molecule has 0 saturated heterocycles. The van der Waals surface area contributed by atoms with Crippen molar-refractivity contribution in [1.82, 2.24) is 0 Å². The molecule has 1 atom stereocenters. The molecule has 88 valence electrons. The van der Waals surface area contributed by atoms with Gasteiger partial charge in [-0.15, -0.1) is 0 Å². The molecule has 2 nitrogen and oxygen atoms in total. The zero-order valence-corrected chi connectivity index (χ0v) is 9.93. The average molecular weight is 244 g/mol. The van der Waals surface area contributed by atoms with Crippen molar-refractivity contribution in [1.29, 1.82) is 0 Å². The van der Waals surface area contributed by atoms with Crippen molar-refractivity contribution in [2.45, 2.75) is 32.2 Å². The second kappa shape index (κ2) is 5.97. The van der Waals surface area contributed by atoms with Crippen LogP contribution in [0.1, 0.15) is 25.3 Å². The molecule has 0 aliphatic heterocycles. The molecule has 0 radical (unpaired) electrons. The van der Waals surface area contributed by atoms with Gasteiger partial charge in [0, 0.05) is 11.4 Å². The van der Waals surface area contributed by atoms with Crippen molar-refractivity contribution in [3.8, 4) is 0 Å². The fourth-order valence-electron chi connectivity index (χ4n) is 1.46. The van der Waals surface area contributed by atoms with Gasteiger partial charge in [-0.25, -0.2) is 4.39 Å². The van der Waals surface area contributed by atoms with E-state index in [0.717, 1.165) is 6.42 Å². The highest BCUT2D eigenvalue weighted by Gasteiger charge is 2.15. The first kappa shape index (κ1) is 13.1. The van der Waals surface area contributed by atoms with Gasteiger partial charge in [0.25, 0.3) is 0 Å². The first-order valence-electron chi connectivity index (χ1n) is 5.26. The van der Waals surface area contributed by atoms with Crippen LogP contribution in [-0.4, -0.2) is 11.8 Å². The van der Waals surface area contributed by atoms with E-state index in [2.05, 4.69) is 0 Å². The van der Waals surface area contributed by atoms with Gasteiger partial charge in [-0.1, -0.05) is 31.0 Å². The SMILES string of the molecule is CCCC(N)C(=O)Cc1ccc(Cl)cc1F. The standard InChI is InChI=1S/C12H15ClFNO/c1-2-3-11(15)12(16)6-8-4-5-9(13)7-10(8)14/h4-5,7,11H,2-3,6,15H2,1H3. The molecule has 0 aromatic heterocycles. The van der Waals surface area contributed by atoms with E-state index in [1.54, 1.807) is 6.07 Å².